The van der Waals surface area contributed by atoms with Crippen LogP contribution in [-0.4, -0.2) is 35.6 Å². The Kier molecular flexibility index (Phi) is 6.71. The summed E-state index contributed by atoms with van der Waals surface area (Å²) in [5.74, 6) is 0.183. The zero-order valence-electron chi connectivity index (χ0n) is 19.8. The molecule has 1 aliphatic heterocycles. The highest BCUT2D eigenvalue weighted by Gasteiger charge is 2.43. The van der Waals surface area contributed by atoms with Crippen LogP contribution in [0.2, 0.25) is 10.0 Å². The van der Waals surface area contributed by atoms with Gasteiger partial charge in [-0.3, -0.25) is 4.79 Å². The summed E-state index contributed by atoms with van der Waals surface area (Å²) in [5.41, 5.74) is 5.31. The van der Waals surface area contributed by atoms with Crippen LogP contribution in [0.4, 0.5) is 5.13 Å². The Labute approximate surface area is 219 Å². The Bertz CT molecular complexity index is 1310. The van der Waals surface area contributed by atoms with E-state index < -0.39 is 0 Å². The first-order valence-electron chi connectivity index (χ1n) is 11.6. The van der Waals surface area contributed by atoms with E-state index in [1.54, 1.807) is 19.0 Å². The van der Waals surface area contributed by atoms with E-state index in [4.69, 9.17) is 33.3 Å². The Morgan fingerprint density at radius 2 is 1.74 bits per heavy atom. The molecule has 180 valence electrons. The monoisotopic (exact) mass is 524 g/mol. The molecule has 1 amide bonds. The summed E-state index contributed by atoms with van der Waals surface area (Å²) >= 11 is 13.7. The van der Waals surface area contributed by atoms with Gasteiger partial charge >= 0.3 is 0 Å². The smallest absolute Gasteiger partial charge is 0.265 e. The van der Waals surface area contributed by atoms with Gasteiger partial charge < -0.3 is 4.90 Å². The first-order valence-corrected chi connectivity index (χ1v) is 13.2. The molecule has 1 saturated carbocycles. The zero-order chi connectivity index (χ0) is 24.7. The van der Waals surface area contributed by atoms with Crippen molar-refractivity contribution >= 4 is 57.4 Å². The van der Waals surface area contributed by atoms with Crippen LogP contribution >= 0.6 is 34.5 Å². The summed E-state index contributed by atoms with van der Waals surface area (Å²) in [4.78, 5) is 19.7. The van der Waals surface area contributed by atoms with Gasteiger partial charge in [-0.25, -0.2) is 9.99 Å². The molecule has 3 aromatic rings. The van der Waals surface area contributed by atoms with Crippen molar-refractivity contribution in [2.75, 3.05) is 19.1 Å². The lowest BCUT2D eigenvalue weighted by Crippen LogP contribution is -2.28. The van der Waals surface area contributed by atoms with Crippen LogP contribution in [0.1, 0.15) is 51.8 Å². The Balaban J connectivity index is 1.59. The molecule has 1 aromatic heterocycles. The summed E-state index contributed by atoms with van der Waals surface area (Å²) in [6.45, 7) is 1.89. The molecule has 2 aromatic carbocycles. The molecule has 35 heavy (non-hydrogen) atoms. The average molecular weight is 526 g/mol. The third-order valence-corrected chi connectivity index (χ3v) is 8.14. The molecule has 5 nitrogen and oxygen atoms in total. The number of halogens is 2. The fourth-order valence-electron chi connectivity index (χ4n) is 4.79. The van der Waals surface area contributed by atoms with Crippen LogP contribution in [0.3, 0.4) is 0 Å². The number of aromatic nitrogens is 1. The number of fused-ring (bicyclic) bond motifs is 1. The number of carbonyl (C=O) groups is 1. The molecular formula is C27H26Cl2N4OS. The van der Waals surface area contributed by atoms with E-state index >= 15 is 0 Å². The van der Waals surface area contributed by atoms with Crippen molar-refractivity contribution in [2.24, 2.45) is 11.0 Å². The molecule has 2 unspecified atom stereocenters. The highest BCUT2D eigenvalue weighted by atomic mass is 35.5. The lowest BCUT2D eigenvalue weighted by atomic mass is 9.77. The van der Waals surface area contributed by atoms with Crippen LogP contribution < -0.4 is 5.01 Å². The largest absolute Gasteiger partial charge is 0.344 e. The van der Waals surface area contributed by atoms with Crippen LogP contribution in [0, 0.1) is 12.8 Å². The summed E-state index contributed by atoms with van der Waals surface area (Å²) < 4.78 is 0. The second kappa shape index (κ2) is 9.76. The predicted molar refractivity (Wildman–Crippen MR) is 146 cm³/mol. The first-order chi connectivity index (χ1) is 16.8. The molecule has 5 rings (SSSR count). The van der Waals surface area contributed by atoms with Crippen molar-refractivity contribution in [3.63, 3.8) is 0 Å². The fraction of sp³-hybridized carbons (Fsp3) is 0.296. The fourth-order valence-corrected chi connectivity index (χ4v) is 6.12. The lowest BCUT2D eigenvalue weighted by molar-refractivity contribution is 0.0831. The van der Waals surface area contributed by atoms with Gasteiger partial charge in [0.05, 0.1) is 17.4 Å². The predicted octanol–water partition coefficient (Wildman–Crippen LogP) is 7.26. The topological polar surface area (TPSA) is 48.8 Å². The van der Waals surface area contributed by atoms with E-state index in [1.165, 1.54) is 16.9 Å². The van der Waals surface area contributed by atoms with Gasteiger partial charge in [0.15, 0.2) is 0 Å². The van der Waals surface area contributed by atoms with Crippen molar-refractivity contribution in [1.82, 2.24) is 9.88 Å². The summed E-state index contributed by atoms with van der Waals surface area (Å²) in [6.07, 6.45) is 5.31. The molecule has 0 bridgehead atoms. The number of hydrogen-bond donors (Lipinski definition) is 0. The minimum Gasteiger partial charge on any atom is -0.344 e. The third kappa shape index (κ3) is 4.75. The number of anilines is 1. The molecule has 2 atom stereocenters. The number of aryl methyl sites for hydroxylation is 1. The molecule has 0 saturated heterocycles. The number of hydrazone groups is 1. The number of rotatable bonds is 4. The van der Waals surface area contributed by atoms with Crippen LogP contribution in [0.5, 0.6) is 0 Å². The average Bonchev–Trinajstić information content (AvgIpc) is 3.42. The van der Waals surface area contributed by atoms with Gasteiger partial charge in [-0.15, -0.1) is 0 Å². The van der Waals surface area contributed by atoms with Gasteiger partial charge in [-0.05, 0) is 73.2 Å². The van der Waals surface area contributed by atoms with Crippen molar-refractivity contribution < 1.29 is 4.79 Å². The maximum absolute atomic E-state index is 12.7. The van der Waals surface area contributed by atoms with Gasteiger partial charge in [0.25, 0.3) is 5.91 Å². The van der Waals surface area contributed by atoms with Crippen molar-refractivity contribution in [2.45, 2.75) is 32.2 Å². The molecule has 2 heterocycles. The lowest BCUT2D eigenvalue weighted by Gasteiger charge is -2.29. The zero-order valence-corrected chi connectivity index (χ0v) is 22.2. The van der Waals surface area contributed by atoms with E-state index in [2.05, 4.69) is 18.2 Å². The van der Waals surface area contributed by atoms with E-state index in [9.17, 15) is 4.79 Å². The maximum atomic E-state index is 12.7. The third-order valence-electron chi connectivity index (χ3n) is 6.51. The number of carbonyl (C=O) groups excluding carboxylic acids is 1. The van der Waals surface area contributed by atoms with E-state index in [0.717, 1.165) is 51.9 Å². The number of nitrogens with zero attached hydrogens (tertiary/aromatic N) is 4. The maximum Gasteiger partial charge on any atom is 0.265 e. The minimum atomic E-state index is -0.0399. The molecule has 1 aliphatic carbocycles. The van der Waals surface area contributed by atoms with Crippen molar-refractivity contribution in [3.05, 3.63) is 85.8 Å². The second-order valence-electron chi connectivity index (χ2n) is 9.16. The number of amides is 1. The molecule has 0 N–H and O–H groups in total. The van der Waals surface area contributed by atoms with Crippen molar-refractivity contribution in [1.29, 1.82) is 0 Å². The summed E-state index contributed by atoms with van der Waals surface area (Å²) in [7, 11) is 3.52. The Morgan fingerprint density at radius 1 is 1.09 bits per heavy atom. The Morgan fingerprint density at radius 3 is 2.40 bits per heavy atom. The van der Waals surface area contributed by atoms with Gasteiger partial charge in [0, 0.05) is 30.1 Å². The van der Waals surface area contributed by atoms with Crippen LogP contribution in [0.25, 0.3) is 6.08 Å². The number of thiazole rings is 1. The van der Waals surface area contributed by atoms with E-state index in [1.807, 2.05) is 48.3 Å². The molecule has 0 radical (unpaired) electrons. The molecule has 8 heteroatoms. The molecule has 1 fully saturated rings. The van der Waals surface area contributed by atoms with Crippen molar-refractivity contribution in [3.8, 4) is 0 Å². The number of allylic oxidation sites excluding steroid dienone is 1. The highest BCUT2D eigenvalue weighted by Crippen LogP contribution is 2.47. The number of hydrogen-bond acceptors (Lipinski definition) is 5. The normalized spacial score (nSPS) is 20.7. The van der Waals surface area contributed by atoms with E-state index in [-0.39, 0.29) is 17.9 Å². The standard InChI is InChI=1S/C27H26Cl2N4OS/c1-16-25(26(34)32(2)3)35-27(30-16)33-24(18-9-13-21(29)14-10-18)22-6-4-5-19(23(22)31-33)15-17-7-11-20(28)12-8-17/h7-15,22,24H,4-6H2,1-3H3. The summed E-state index contributed by atoms with van der Waals surface area (Å²) in [6, 6.07) is 15.9. The van der Waals surface area contributed by atoms with Crippen LogP contribution in [-0.2, 0) is 0 Å². The van der Waals surface area contributed by atoms with Gasteiger partial charge in [0.2, 0.25) is 5.13 Å². The first kappa shape index (κ1) is 24.0. The Hall–Kier alpha value is -2.67. The van der Waals surface area contributed by atoms with Gasteiger partial charge in [-0.2, -0.15) is 5.10 Å². The second-order valence-corrected chi connectivity index (χ2v) is 11.0. The highest BCUT2D eigenvalue weighted by molar-refractivity contribution is 7.17. The minimum absolute atomic E-state index is 0.0101. The molecule has 2 aliphatic rings. The van der Waals surface area contributed by atoms with Gasteiger partial charge in [0.1, 0.15) is 4.88 Å². The molecule has 0 spiro atoms. The van der Waals surface area contributed by atoms with Crippen LogP contribution in [0.15, 0.2) is 59.2 Å². The number of benzene rings is 2. The SMILES string of the molecule is Cc1nc(N2N=C3C(=Cc4ccc(Cl)cc4)CCCC3C2c2ccc(Cl)cc2)sc1C(=O)N(C)C. The summed E-state index contributed by atoms with van der Waals surface area (Å²) in [5, 5.41) is 9.35. The van der Waals surface area contributed by atoms with Gasteiger partial charge in [-0.1, -0.05) is 58.8 Å². The molecular weight excluding hydrogens is 499 g/mol. The quantitative estimate of drug-likeness (QED) is 0.360. The van der Waals surface area contributed by atoms with E-state index in [0.29, 0.717) is 9.90 Å².